The van der Waals surface area contributed by atoms with Crippen LogP contribution < -0.4 is 5.43 Å². The first-order valence-electron chi connectivity index (χ1n) is 4.23. The van der Waals surface area contributed by atoms with Gasteiger partial charge in [0.1, 0.15) is 0 Å². The molecule has 3 nitrogen and oxygen atoms in total. The van der Waals surface area contributed by atoms with E-state index in [1.807, 2.05) is 29.2 Å². The van der Waals surface area contributed by atoms with Crippen molar-refractivity contribution in [2.75, 3.05) is 5.43 Å². The summed E-state index contributed by atoms with van der Waals surface area (Å²) >= 11 is 1.63. The molecule has 2 aromatic heterocycles. The standard InChI is InChI=1S/C9H11N3S/c1-2-8-7-13-9(10-8)11-12-5-3-4-6-12/h3-7H,2H2,1H3,(H,10,11). The number of aryl methyl sites for hydroxylation is 1. The monoisotopic (exact) mass is 193 g/mol. The van der Waals surface area contributed by atoms with E-state index in [1.54, 1.807) is 11.3 Å². The van der Waals surface area contributed by atoms with Gasteiger partial charge in [-0.25, -0.2) is 4.98 Å². The van der Waals surface area contributed by atoms with E-state index in [0.29, 0.717) is 0 Å². The molecule has 0 bridgehead atoms. The van der Waals surface area contributed by atoms with E-state index in [1.165, 1.54) is 0 Å². The molecule has 0 aliphatic rings. The molecule has 0 saturated carbocycles. The number of hydrogen-bond donors (Lipinski definition) is 1. The molecule has 1 N–H and O–H groups in total. The Balaban J connectivity index is 2.10. The predicted molar refractivity (Wildman–Crippen MR) is 54.9 cm³/mol. The Bertz CT molecular complexity index is 364. The SMILES string of the molecule is CCc1csc(Nn2cccc2)n1. The van der Waals surface area contributed by atoms with Crippen molar-refractivity contribution < 1.29 is 0 Å². The maximum absolute atomic E-state index is 4.39. The van der Waals surface area contributed by atoms with Crippen molar-refractivity contribution in [3.8, 4) is 0 Å². The molecule has 0 fully saturated rings. The van der Waals surface area contributed by atoms with Gasteiger partial charge in [-0.15, -0.1) is 11.3 Å². The molecule has 2 aromatic rings. The van der Waals surface area contributed by atoms with E-state index in [4.69, 9.17) is 0 Å². The summed E-state index contributed by atoms with van der Waals surface area (Å²) in [4.78, 5) is 4.39. The van der Waals surface area contributed by atoms with Gasteiger partial charge >= 0.3 is 0 Å². The van der Waals surface area contributed by atoms with Gasteiger partial charge in [0.25, 0.3) is 0 Å². The summed E-state index contributed by atoms with van der Waals surface area (Å²) in [6.07, 6.45) is 4.89. The zero-order chi connectivity index (χ0) is 9.10. The molecule has 2 rings (SSSR count). The molecule has 0 unspecified atom stereocenters. The largest absolute Gasteiger partial charge is 0.269 e. The average Bonchev–Trinajstić information content (AvgIpc) is 2.76. The van der Waals surface area contributed by atoms with Gasteiger partial charge in [-0.2, -0.15) is 0 Å². The fourth-order valence-corrected chi connectivity index (χ4v) is 1.84. The van der Waals surface area contributed by atoms with Crippen LogP contribution in [0.15, 0.2) is 29.9 Å². The Labute approximate surface area is 81.0 Å². The van der Waals surface area contributed by atoms with E-state index < -0.39 is 0 Å². The Morgan fingerprint density at radius 2 is 2.23 bits per heavy atom. The van der Waals surface area contributed by atoms with Crippen molar-refractivity contribution in [3.63, 3.8) is 0 Å². The zero-order valence-corrected chi connectivity index (χ0v) is 8.21. The van der Waals surface area contributed by atoms with Crippen molar-refractivity contribution in [1.29, 1.82) is 0 Å². The van der Waals surface area contributed by atoms with Crippen LogP contribution >= 0.6 is 11.3 Å². The highest BCUT2D eigenvalue weighted by atomic mass is 32.1. The van der Waals surface area contributed by atoms with Gasteiger partial charge in [-0.05, 0) is 18.6 Å². The third kappa shape index (κ3) is 1.89. The summed E-state index contributed by atoms with van der Waals surface area (Å²) in [6.45, 7) is 2.11. The van der Waals surface area contributed by atoms with Gasteiger partial charge in [0.2, 0.25) is 5.13 Å². The molecule has 4 heteroatoms. The number of aromatic nitrogens is 2. The van der Waals surface area contributed by atoms with Crippen molar-refractivity contribution in [1.82, 2.24) is 9.66 Å². The lowest BCUT2D eigenvalue weighted by Gasteiger charge is -2.01. The number of anilines is 1. The highest BCUT2D eigenvalue weighted by Crippen LogP contribution is 2.15. The molecular weight excluding hydrogens is 182 g/mol. The number of nitrogens with one attached hydrogen (secondary N) is 1. The van der Waals surface area contributed by atoms with Gasteiger partial charge in [-0.3, -0.25) is 10.1 Å². The first-order chi connectivity index (χ1) is 6.38. The van der Waals surface area contributed by atoms with Crippen molar-refractivity contribution >= 4 is 16.5 Å². The highest BCUT2D eigenvalue weighted by Gasteiger charge is 1.98. The van der Waals surface area contributed by atoms with Crippen molar-refractivity contribution in [2.45, 2.75) is 13.3 Å². The summed E-state index contributed by atoms with van der Waals surface area (Å²) in [5.41, 5.74) is 4.30. The van der Waals surface area contributed by atoms with Gasteiger partial charge in [-0.1, -0.05) is 6.92 Å². The minimum Gasteiger partial charge on any atom is -0.269 e. The molecule has 68 valence electrons. The molecule has 0 aliphatic carbocycles. The number of rotatable bonds is 3. The minimum absolute atomic E-state index is 0.938. The first-order valence-corrected chi connectivity index (χ1v) is 5.11. The zero-order valence-electron chi connectivity index (χ0n) is 7.40. The molecule has 0 spiro atoms. The van der Waals surface area contributed by atoms with Crippen LogP contribution in [0.4, 0.5) is 5.13 Å². The Hall–Kier alpha value is -1.29. The van der Waals surface area contributed by atoms with Gasteiger partial charge in [0.05, 0.1) is 5.69 Å². The molecule has 0 amide bonds. The maximum Gasteiger partial charge on any atom is 0.202 e. The van der Waals surface area contributed by atoms with Crippen LogP contribution in [0, 0.1) is 0 Å². The summed E-state index contributed by atoms with van der Waals surface area (Å²) < 4.78 is 1.89. The third-order valence-electron chi connectivity index (χ3n) is 1.74. The molecule has 2 heterocycles. The van der Waals surface area contributed by atoms with Crippen LogP contribution in [-0.2, 0) is 6.42 Å². The van der Waals surface area contributed by atoms with Crippen LogP contribution in [0.3, 0.4) is 0 Å². The quantitative estimate of drug-likeness (QED) is 0.811. The van der Waals surface area contributed by atoms with E-state index >= 15 is 0 Å². The van der Waals surface area contributed by atoms with Crippen LogP contribution in [0.2, 0.25) is 0 Å². The fourth-order valence-electron chi connectivity index (χ4n) is 1.04. The lowest BCUT2D eigenvalue weighted by molar-refractivity contribution is 0.954. The lowest BCUT2D eigenvalue weighted by atomic mass is 10.4. The maximum atomic E-state index is 4.39. The molecule has 0 aliphatic heterocycles. The van der Waals surface area contributed by atoms with Gasteiger partial charge < -0.3 is 0 Å². The summed E-state index contributed by atoms with van der Waals surface area (Å²) in [5.74, 6) is 0. The lowest BCUT2D eigenvalue weighted by Crippen LogP contribution is -2.04. The summed E-state index contributed by atoms with van der Waals surface area (Å²) in [6, 6.07) is 3.95. The van der Waals surface area contributed by atoms with Crippen molar-refractivity contribution in [2.24, 2.45) is 0 Å². The van der Waals surface area contributed by atoms with Gasteiger partial charge in [0, 0.05) is 17.8 Å². The number of hydrogen-bond acceptors (Lipinski definition) is 3. The third-order valence-corrected chi connectivity index (χ3v) is 2.54. The second kappa shape index (κ2) is 3.62. The first kappa shape index (κ1) is 8.31. The second-order valence-corrected chi connectivity index (χ2v) is 3.56. The molecule has 0 atom stereocenters. The second-order valence-electron chi connectivity index (χ2n) is 2.70. The van der Waals surface area contributed by atoms with Crippen LogP contribution in [0.1, 0.15) is 12.6 Å². The van der Waals surface area contributed by atoms with E-state index in [-0.39, 0.29) is 0 Å². The molecular formula is C9H11N3S. The predicted octanol–water partition coefficient (Wildman–Crippen LogP) is 2.38. The van der Waals surface area contributed by atoms with Gasteiger partial charge in [0.15, 0.2) is 0 Å². The molecule has 13 heavy (non-hydrogen) atoms. The molecule has 0 radical (unpaired) electrons. The number of nitrogens with zero attached hydrogens (tertiary/aromatic N) is 2. The topological polar surface area (TPSA) is 29.9 Å². The molecule has 0 aromatic carbocycles. The van der Waals surface area contributed by atoms with E-state index in [9.17, 15) is 0 Å². The summed E-state index contributed by atoms with van der Waals surface area (Å²) in [5, 5.41) is 3.01. The van der Waals surface area contributed by atoms with Crippen molar-refractivity contribution in [3.05, 3.63) is 35.6 Å². The van der Waals surface area contributed by atoms with Crippen LogP contribution in [-0.4, -0.2) is 9.66 Å². The smallest absolute Gasteiger partial charge is 0.202 e. The van der Waals surface area contributed by atoms with Crippen LogP contribution in [0.5, 0.6) is 0 Å². The highest BCUT2D eigenvalue weighted by molar-refractivity contribution is 7.13. The summed E-state index contributed by atoms with van der Waals surface area (Å²) in [7, 11) is 0. The van der Waals surface area contributed by atoms with Crippen LogP contribution in [0.25, 0.3) is 0 Å². The van der Waals surface area contributed by atoms with E-state index in [0.717, 1.165) is 17.2 Å². The minimum atomic E-state index is 0.938. The van der Waals surface area contributed by atoms with E-state index in [2.05, 4.69) is 22.7 Å². The Kier molecular flexibility index (Phi) is 2.31. The Morgan fingerprint density at radius 1 is 1.46 bits per heavy atom. The molecule has 0 saturated heterocycles. The number of thiazole rings is 1. The Morgan fingerprint density at radius 3 is 2.85 bits per heavy atom. The average molecular weight is 193 g/mol. The fraction of sp³-hybridized carbons (Fsp3) is 0.222. The normalized spacial score (nSPS) is 10.2.